The lowest BCUT2D eigenvalue weighted by molar-refractivity contribution is -0.126. The number of carbonyl (C=O) groups excluding carboxylic acids is 2. The Morgan fingerprint density at radius 2 is 1.93 bits per heavy atom. The first-order valence-corrected chi connectivity index (χ1v) is 8.81. The smallest absolute Gasteiger partial charge is 0.278 e. The topological polar surface area (TPSA) is 68.2 Å². The molecule has 3 aliphatic rings. The van der Waals surface area contributed by atoms with Crippen LogP contribution in [0.4, 0.5) is 5.69 Å². The number of amides is 2. The lowest BCUT2D eigenvalue weighted by Crippen LogP contribution is -2.33. The van der Waals surface area contributed by atoms with Crippen LogP contribution in [-0.2, 0) is 14.4 Å². The molecule has 0 radical (unpaired) electrons. The molecule has 1 saturated heterocycles. The van der Waals surface area contributed by atoms with Crippen molar-refractivity contribution in [3.8, 4) is 5.75 Å². The maximum Gasteiger partial charge on any atom is 0.278 e. The number of hydrogen-bond donors (Lipinski definition) is 0. The van der Waals surface area contributed by atoms with Crippen molar-refractivity contribution in [1.29, 1.82) is 0 Å². The summed E-state index contributed by atoms with van der Waals surface area (Å²) in [6, 6.07) is 14.2. The van der Waals surface area contributed by atoms with E-state index >= 15 is 0 Å². The molecule has 3 aliphatic heterocycles. The van der Waals surface area contributed by atoms with Gasteiger partial charge >= 0.3 is 0 Å². The summed E-state index contributed by atoms with van der Waals surface area (Å²) < 4.78 is 5.75. The number of carbonyl (C=O) groups is 2. The molecule has 5 rings (SSSR count). The van der Waals surface area contributed by atoms with Crippen LogP contribution in [0.5, 0.6) is 5.75 Å². The van der Waals surface area contributed by atoms with Crippen molar-refractivity contribution in [3.63, 3.8) is 0 Å². The van der Waals surface area contributed by atoms with Gasteiger partial charge in [-0.05, 0) is 30.3 Å². The van der Waals surface area contributed by atoms with Gasteiger partial charge in [-0.15, -0.1) is 0 Å². The fourth-order valence-corrected chi connectivity index (χ4v) is 3.76. The number of oxime groups is 1. The Balaban J connectivity index is 1.50. The van der Waals surface area contributed by atoms with E-state index in [1.165, 1.54) is 0 Å². The highest BCUT2D eigenvalue weighted by atomic mass is 35.5. The molecule has 2 aromatic rings. The SMILES string of the molecule is O=C1C2ON=C(C3=Cc4ccccc4OC3)C2C(=O)N1c1cccc(Cl)c1. The maximum absolute atomic E-state index is 13.0. The number of para-hydroxylation sites is 1. The zero-order valence-electron chi connectivity index (χ0n) is 14.0. The van der Waals surface area contributed by atoms with Crippen molar-refractivity contribution in [3.05, 3.63) is 64.7 Å². The number of hydrogen-bond acceptors (Lipinski definition) is 5. The highest BCUT2D eigenvalue weighted by molar-refractivity contribution is 6.34. The van der Waals surface area contributed by atoms with Gasteiger partial charge in [0, 0.05) is 16.2 Å². The number of halogens is 1. The van der Waals surface area contributed by atoms with Crippen molar-refractivity contribution in [2.75, 3.05) is 11.5 Å². The number of anilines is 1. The standard InChI is InChI=1S/C20H13ClN2O4/c21-13-5-3-6-14(9-13)23-19(24)16-17(22-27-18(16)20(23)25)12-8-11-4-1-2-7-15(11)26-10-12/h1-9,16,18H,10H2. The number of benzene rings is 2. The average Bonchev–Trinajstić information content (AvgIpc) is 3.22. The summed E-state index contributed by atoms with van der Waals surface area (Å²) >= 11 is 6.01. The van der Waals surface area contributed by atoms with E-state index in [-0.39, 0.29) is 12.5 Å². The van der Waals surface area contributed by atoms with Crippen LogP contribution in [0.15, 0.2) is 59.3 Å². The van der Waals surface area contributed by atoms with Gasteiger partial charge in [-0.25, -0.2) is 4.90 Å². The zero-order valence-corrected chi connectivity index (χ0v) is 14.7. The average molecular weight is 381 g/mol. The fourth-order valence-electron chi connectivity index (χ4n) is 3.58. The van der Waals surface area contributed by atoms with E-state index in [0.29, 0.717) is 16.4 Å². The molecule has 134 valence electrons. The molecule has 2 amide bonds. The number of imide groups is 1. The first-order valence-electron chi connectivity index (χ1n) is 8.43. The van der Waals surface area contributed by atoms with E-state index in [1.807, 2.05) is 30.3 Å². The van der Waals surface area contributed by atoms with Crippen LogP contribution in [0.1, 0.15) is 5.56 Å². The molecule has 0 bridgehead atoms. The molecule has 2 aromatic carbocycles. The molecule has 0 spiro atoms. The van der Waals surface area contributed by atoms with E-state index in [1.54, 1.807) is 24.3 Å². The molecule has 27 heavy (non-hydrogen) atoms. The summed E-state index contributed by atoms with van der Waals surface area (Å²) in [5.74, 6) is -0.824. The second-order valence-electron chi connectivity index (χ2n) is 6.47. The monoisotopic (exact) mass is 380 g/mol. The molecule has 6 nitrogen and oxygen atoms in total. The van der Waals surface area contributed by atoms with Crippen LogP contribution in [0.2, 0.25) is 5.02 Å². The van der Waals surface area contributed by atoms with Gasteiger partial charge < -0.3 is 9.57 Å². The highest BCUT2D eigenvalue weighted by Gasteiger charge is 2.56. The molecule has 3 heterocycles. The summed E-state index contributed by atoms with van der Waals surface area (Å²) in [4.78, 5) is 32.3. The van der Waals surface area contributed by atoms with Crippen molar-refractivity contribution >= 4 is 40.9 Å². The second kappa shape index (κ2) is 5.96. The zero-order chi connectivity index (χ0) is 18.5. The Morgan fingerprint density at radius 1 is 1.07 bits per heavy atom. The third kappa shape index (κ3) is 2.44. The minimum atomic E-state index is -0.954. The largest absolute Gasteiger partial charge is 0.488 e. The molecule has 0 aromatic heterocycles. The van der Waals surface area contributed by atoms with Crippen LogP contribution in [0.25, 0.3) is 6.08 Å². The summed E-state index contributed by atoms with van der Waals surface area (Å²) in [6.07, 6.45) is 0.966. The fraction of sp³-hybridized carbons (Fsp3) is 0.150. The number of ether oxygens (including phenoxy) is 1. The van der Waals surface area contributed by atoms with Gasteiger partial charge in [-0.3, -0.25) is 9.59 Å². The minimum absolute atomic E-state index is 0.265. The van der Waals surface area contributed by atoms with Crippen molar-refractivity contribution in [1.82, 2.24) is 0 Å². The number of fused-ring (bicyclic) bond motifs is 2. The maximum atomic E-state index is 13.0. The predicted octanol–water partition coefficient (Wildman–Crippen LogP) is 3.06. The van der Waals surface area contributed by atoms with Gasteiger partial charge in [-0.1, -0.05) is 41.0 Å². The minimum Gasteiger partial charge on any atom is -0.488 e. The molecule has 0 N–H and O–H groups in total. The van der Waals surface area contributed by atoms with Gasteiger partial charge in [-0.2, -0.15) is 0 Å². The van der Waals surface area contributed by atoms with Gasteiger partial charge in [0.15, 0.2) is 0 Å². The van der Waals surface area contributed by atoms with Crippen molar-refractivity contribution in [2.45, 2.75) is 6.10 Å². The van der Waals surface area contributed by atoms with E-state index in [0.717, 1.165) is 21.8 Å². The van der Waals surface area contributed by atoms with Crippen LogP contribution < -0.4 is 9.64 Å². The Hall–Kier alpha value is -3.12. The van der Waals surface area contributed by atoms with Crippen LogP contribution >= 0.6 is 11.6 Å². The summed E-state index contributed by atoms with van der Waals surface area (Å²) in [7, 11) is 0. The lowest BCUT2D eigenvalue weighted by atomic mass is 9.92. The number of rotatable bonds is 2. The summed E-state index contributed by atoms with van der Waals surface area (Å²) in [5, 5.41) is 4.48. The number of nitrogens with zero attached hydrogens (tertiary/aromatic N) is 2. The van der Waals surface area contributed by atoms with Gasteiger partial charge in [0.2, 0.25) is 12.0 Å². The molecule has 0 saturated carbocycles. The molecule has 7 heteroatoms. The highest BCUT2D eigenvalue weighted by Crippen LogP contribution is 2.37. The van der Waals surface area contributed by atoms with E-state index in [2.05, 4.69) is 5.16 Å². The Bertz CT molecular complexity index is 1050. The van der Waals surface area contributed by atoms with Crippen molar-refractivity contribution in [2.24, 2.45) is 11.1 Å². The normalized spacial score (nSPS) is 23.2. The second-order valence-corrected chi connectivity index (χ2v) is 6.90. The Labute approximate surface area is 159 Å². The van der Waals surface area contributed by atoms with Crippen LogP contribution in [0.3, 0.4) is 0 Å². The lowest BCUT2D eigenvalue weighted by Gasteiger charge is -2.19. The molecule has 2 atom stereocenters. The van der Waals surface area contributed by atoms with Gasteiger partial charge in [0.25, 0.3) is 5.91 Å². The first-order chi connectivity index (χ1) is 13.1. The van der Waals surface area contributed by atoms with E-state index in [9.17, 15) is 9.59 Å². The first kappa shape index (κ1) is 16.1. The molecule has 1 fully saturated rings. The molecule has 2 unspecified atom stereocenters. The third-order valence-electron chi connectivity index (χ3n) is 4.84. The van der Waals surface area contributed by atoms with Crippen LogP contribution in [0, 0.1) is 5.92 Å². The van der Waals surface area contributed by atoms with Gasteiger partial charge in [0.05, 0.1) is 5.69 Å². The van der Waals surface area contributed by atoms with Gasteiger partial charge in [0.1, 0.15) is 24.0 Å². The van der Waals surface area contributed by atoms with E-state index in [4.69, 9.17) is 21.2 Å². The summed E-state index contributed by atoms with van der Waals surface area (Å²) in [6.45, 7) is 0.265. The molecular weight excluding hydrogens is 368 g/mol. The third-order valence-corrected chi connectivity index (χ3v) is 5.07. The Kier molecular flexibility index (Phi) is 3.55. The quantitative estimate of drug-likeness (QED) is 0.751. The van der Waals surface area contributed by atoms with E-state index < -0.39 is 17.9 Å². The summed E-state index contributed by atoms with van der Waals surface area (Å²) in [5.41, 5.74) is 2.50. The van der Waals surface area contributed by atoms with Crippen molar-refractivity contribution < 1.29 is 19.2 Å². The molecular formula is C20H13ClN2O4. The molecule has 0 aliphatic carbocycles. The Morgan fingerprint density at radius 3 is 2.78 bits per heavy atom. The van der Waals surface area contributed by atoms with Crippen LogP contribution in [-0.4, -0.2) is 30.2 Å². The predicted molar refractivity (Wildman–Crippen MR) is 99.7 cm³/mol.